The van der Waals surface area contributed by atoms with E-state index in [1.807, 2.05) is 36.4 Å². The van der Waals surface area contributed by atoms with Gasteiger partial charge in [-0.3, -0.25) is 14.6 Å². The van der Waals surface area contributed by atoms with Gasteiger partial charge in [-0.25, -0.2) is 0 Å². The van der Waals surface area contributed by atoms with E-state index in [-0.39, 0.29) is 25.0 Å². The lowest BCUT2D eigenvalue weighted by Gasteiger charge is -2.43. The molecule has 0 saturated carbocycles. The van der Waals surface area contributed by atoms with Gasteiger partial charge in [0.15, 0.2) is 5.60 Å². The molecular formula is C22H27N3O4. The molecule has 1 saturated heterocycles. The lowest BCUT2D eigenvalue weighted by Crippen LogP contribution is -2.62. The minimum Gasteiger partial charge on any atom is -0.375 e. The first-order chi connectivity index (χ1) is 14.0. The van der Waals surface area contributed by atoms with Crippen LogP contribution in [0.15, 0.2) is 48.8 Å². The summed E-state index contributed by atoms with van der Waals surface area (Å²) in [5, 5.41) is 0. The molecule has 3 rings (SSSR count). The highest BCUT2D eigenvalue weighted by Gasteiger charge is 2.46. The third-order valence-electron chi connectivity index (χ3n) is 5.07. The van der Waals surface area contributed by atoms with Crippen molar-refractivity contribution >= 4 is 11.8 Å². The minimum atomic E-state index is -1.15. The summed E-state index contributed by atoms with van der Waals surface area (Å²) in [6.07, 6.45) is 3.88. The molecule has 7 nitrogen and oxygen atoms in total. The molecule has 0 aliphatic carbocycles. The summed E-state index contributed by atoms with van der Waals surface area (Å²) in [6.45, 7) is 0.908. The maximum absolute atomic E-state index is 13.2. The monoisotopic (exact) mass is 397 g/mol. The number of aromatic nitrogens is 1. The van der Waals surface area contributed by atoms with Gasteiger partial charge in [-0.05, 0) is 17.2 Å². The number of rotatable bonds is 6. The Morgan fingerprint density at radius 3 is 2.72 bits per heavy atom. The largest absolute Gasteiger partial charge is 0.375 e. The number of amides is 2. The molecule has 1 aromatic heterocycles. The van der Waals surface area contributed by atoms with Gasteiger partial charge in [0.1, 0.15) is 6.61 Å². The van der Waals surface area contributed by atoms with Gasteiger partial charge in [0.2, 0.25) is 5.91 Å². The number of hydrogen-bond donors (Lipinski definition) is 0. The predicted molar refractivity (Wildman–Crippen MR) is 109 cm³/mol. The molecule has 2 amide bonds. The second-order valence-electron chi connectivity index (χ2n) is 7.37. The molecule has 1 aliphatic heterocycles. The fraction of sp³-hybridized carbons (Fsp3) is 0.409. The highest BCUT2D eigenvalue weighted by molar-refractivity contribution is 5.87. The van der Waals surface area contributed by atoms with Crippen LogP contribution in [0.5, 0.6) is 0 Å². The van der Waals surface area contributed by atoms with Crippen molar-refractivity contribution in [2.45, 2.75) is 12.0 Å². The molecule has 2 heterocycles. The van der Waals surface area contributed by atoms with E-state index in [4.69, 9.17) is 9.47 Å². The number of ether oxygens (including phenoxy) is 2. The molecule has 1 aromatic carbocycles. The Hall–Kier alpha value is -2.77. The molecule has 1 unspecified atom stereocenters. The molecule has 2 aromatic rings. The van der Waals surface area contributed by atoms with Crippen molar-refractivity contribution in [1.29, 1.82) is 0 Å². The first kappa shape index (κ1) is 21.0. The molecule has 1 aliphatic rings. The van der Waals surface area contributed by atoms with Crippen LogP contribution in [-0.2, 0) is 25.5 Å². The Kier molecular flexibility index (Phi) is 6.61. The van der Waals surface area contributed by atoms with Crippen LogP contribution in [0.4, 0.5) is 0 Å². The van der Waals surface area contributed by atoms with E-state index in [0.29, 0.717) is 19.6 Å². The Bertz CT molecular complexity index is 856. The Labute approximate surface area is 171 Å². The molecule has 7 heteroatoms. The van der Waals surface area contributed by atoms with E-state index in [2.05, 4.69) is 4.98 Å². The van der Waals surface area contributed by atoms with Crippen LogP contribution in [0.3, 0.4) is 0 Å². The molecule has 0 spiro atoms. The molecular weight excluding hydrogens is 370 g/mol. The maximum Gasteiger partial charge on any atom is 0.256 e. The normalized spacial score (nSPS) is 19.1. The summed E-state index contributed by atoms with van der Waals surface area (Å²) < 4.78 is 11.1. The summed E-state index contributed by atoms with van der Waals surface area (Å²) in [5.74, 6) is -0.305. The van der Waals surface area contributed by atoms with Gasteiger partial charge in [0.25, 0.3) is 5.91 Å². The fourth-order valence-electron chi connectivity index (χ4n) is 3.72. The summed E-state index contributed by atoms with van der Waals surface area (Å²) in [4.78, 5) is 33.0. The van der Waals surface area contributed by atoms with Crippen LogP contribution in [0, 0.1) is 0 Å². The average molecular weight is 397 g/mol. The van der Waals surface area contributed by atoms with E-state index >= 15 is 0 Å². The second-order valence-corrected chi connectivity index (χ2v) is 7.37. The van der Waals surface area contributed by atoms with Crippen LogP contribution in [-0.4, -0.2) is 79.7 Å². The van der Waals surface area contributed by atoms with Gasteiger partial charge >= 0.3 is 0 Å². The Morgan fingerprint density at radius 1 is 1.24 bits per heavy atom. The van der Waals surface area contributed by atoms with Crippen molar-refractivity contribution < 1.29 is 19.1 Å². The number of likely N-dealkylation sites (N-methyl/N-ethyl adjacent to an activating group) is 1. The molecule has 29 heavy (non-hydrogen) atoms. The van der Waals surface area contributed by atoms with Crippen LogP contribution < -0.4 is 0 Å². The zero-order valence-corrected chi connectivity index (χ0v) is 17.1. The van der Waals surface area contributed by atoms with Gasteiger partial charge < -0.3 is 19.3 Å². The lowest BCUT2D eigenvalue weighted by atomic mass is 9.87. The summed E-state index contributed by atoms with van der Waals surface area (Å²) in [5.41, 5.74) is 1.79. The van der Waals surface area contributed by atoms with Crippen molar-refractivity contribution in [3.63, 3.8) is 0 Å². The number of nitrogens with zero attached hydrogens (tertiary/aromatic N) is 3. The highest BCUT2D eigenvalue weighted by Crippen LogP contribution is 2.31. The molecule has 154 valence electrons. The fourth-order valence-corrected chi connectivity index (χ4v) is 3.72. The smallest absolute Gasteiger partial charge is 0.256 e. The van der Waals surface area contributed by atoms with E-state index in [9.17, 15) is 9.59 Å². The maximum atomic E-state index is 13.2. The number of methoxy groups -OCH3 is 1. The zero-order valence-electron chi connectivity index (χ0n) is 17.1. The molecule has 1 fully saturated rings. The van der Waals surface area contributed by atoms with Crippen molar-refractivity contribution in [1.82, 2.24) is 14.8 Å². The number of benzene rings is 1. The summed E-state index contributed by atoms with van der Waals surface area (Å²) in [6, 6.07) is 11.8. The predicted octanol–water partition coefficient (Wildman–Crippen LogP) is 1.62. The number of carbonyl (C=O) groups is 2. The van der Waals surface area contributed by atoms with Gasteiger partial charge in [0, 0.05) is 52.1 Å². The SMILES string of the molecule is COCC(=O)N1CCOC(Cc2ccccc2-c2cccnc2)(C(=O)N(C)C)C1. The number of hydrogen-bond acceptors (Lipinski definition) is 5. The molecule has 0 N–H and O–H groups in total. The molecule has 1 atom stereocenters. The first-order valence-corrected chi connectivity index (χ1v) is 9.57. The first-order valence-electron chi connectivity index (χ1n) is 9.57. The van der Waals surface area contributed by atoms with Gasteiger partial charge in [-0.15, -0.1) is 0 Å². The minimum absolute atomic E-state index is 0.0154. The Balaban J connectivity index is 1.98. The molecule has 0 radical (unpaired) electrons. The number of pyridine rings is 1. The van der Waals surface area contributed by atoms with E-state index in [0.717, 1.165) is 16.7 Å². The topological polar surface area (TPSA) is 72.0 Å². The summed E-state index contributed by atoms with van der Waals surface area (Å²) >= 11 is 0. The van der Waals surface area contributed by atoms with Crippen molar-refractivity contribution in [3.05, 3.63) is 54.4 Å². The van der Waals surface area contributed by atoms with Crippen molar-refractivity contribution in [2.24, 2.45) is 0 Å². The zero-order chi connectivity index (χ0) is 20.9. The van der Waals surface area contributed by atoms with Gasteiger partial charge in [-0.2, -0.15) is 0 Å². The van der Waals surface area contributed by atoms with Gasteiger partial charge in [-0.1, -0.05) is 30.3 Å². The number of morpholine rings is 1. The van der Waals surface area contributed by atoms with Crippen LogP contribution >= 0.6 is 0 Å². The standard InChI is InChI=1S/C22H27N3O4/c1-24(2)21(27)22(16-25(11-12-29-22)20(26)15-28-3)13-17-7-4-5-9-19(17)18-8-6-10-23-14-18/h4-10,14H,11-13,15-16H2,1-3H3. The highest BCUT2D eigenvalue weighted by atomic mass is 16.5. The third-order valence-corrected chi connectivity index (χ3v) is 5.07. The van der Waals surface area contributed by atoms with Crippen LogP contribution in [0.25, 0.3) is 11.1 Å². The third kappa shape index (κ3) is 4.63. The van der Waals surface area contributed by atoms with E-state index < -0.39 is 5.60 Å². The van der Waals surface area contributed by atoms with Crippen molar-refractivity contribution in [2.75, 3.05) is 47.5 Å². The van der Waals surface area contributed by atoms with Crippen LogP contribution in [0.2, 0.25) is 0 Å². The average Bonchev–Trinajstić information content (AvgIpc) is 2.74. The van der Waals surface area contributed by atoms with Crippen LogP contribution in [0.1, 0.15) is 5.56 Å². The van der Waals surface area contributed by atoms with Gasteiger partial charge in [0.05, 0.1) is 13.2 Å². The van der Waals surface area contributed by atoms with E-state index in [1.54, 1.807) is 31.4 Å². The second kappa shape index (κ2) is 9.15. The van der Waals surface area contributed by atoms with Crippen molar-refractivity contribution in [3.8, 4) is 11.1 Å². The Morgan fingerprint density at radius 2 is 2.03 bits per heavy atom. The number of carbonyl (C=O) groups excluding carboxylic acids is 2. The quantitative estimate of drug-likeness (QED) is 0.741. The molecule has 0 bridgehead atoms. The lowest BCUT2D eigenvalue weighted by molar-refractivity contribution is -0.173. The van der Waals surface area contributed by atoms with E-state index in [1.165, 1.54) is 12.0 Å². The summed E-state index contributed by atoms with van der Waals surface area (Å²) in [7, 11) is 4.90.